The van der Waals surface area contributed by atoms with Crippen LogP contribution in [-0.2, 0) is 6.42 Å². The number of hydrogen-bond acceptors (Lipinski definition) is 3. The number of nitrogens with zero attached hydrogens (tertiary/aromatic N) is 2. The van der Waals surface area contributed by atoms with E-state index in [2.05, 4.69) is 21.6 Å². The van der Waals surface area contributed by atoms with Crippen molar-refractivity contribution < 1.29 is 0 Å². The Labute approximate surface area is 72.2 Å². The van der Waals surface area contributed by atoms with Gasteiger partial charge in [0, 0.05) is 7.05 Å². The van der Waals surface area contributed by atoms with E-state index in [1.165, 1.54) is 12.8 Å². The molecule has 12 heavy (non-hydrogen) atoms. The zero-order valence-electron chi connectivity index (χ0n) is 7.25. The first-order valence-corrected chi connectivity index (χ1v) is 4.39. The zero-order valence-corrected chi connectivity index (χ0v) is 7.25. The van der Waals surface area contributed by atoms with Crippen molar-refractivity contribution in [3.05, 3.63) is 17.8 Å². The highest BCUT2D eigenvalue weighted by Gasteiger charge is 2.21. The highest BCUT2D eigenvalue weighted by atomic mass is 15.2. The van der Waals surface area contributed by atoms with Gasteiger partial charge in [-0.3, -0.25) is 0 Å². The van der Waals surface area contributed by atoms with Crippen molar-refractivity contribution in [2.75, 3.05) is 12.4 Å². The molecule has 1 N–H and O–H groups in total. The van der Waals surface area contributed by atoms with Crippen molar-refractivity contribution in [3.8, 4) is 0 Å². The SMILES string of the molecule is CNc1ccc(CC2CC2)nn1. The van der Waals surface area contributed by atoms with Crippen LogP contribution in [0, 0.1) is 5.92 Å². The topological polar surface area (TPSA) is 37.8 Å². The van der Waals surface area contributed by atoms with Crippen molar-refractivity contribution >= 4 is 5.82 Å². The summed E-state index contributed by atoms with van der Waals surface area (Å²) in [6.07, 6.45) is 3.85. The number of hydrogen-bond donors (Lipinski definition) is 1. The monoisotopic (exact) mass is 163 g/mol. The molecule has 1 aromatic heterocycles. The summed E-state index contributed by atoms with van der Waals surface area (Å²) >= 11 is 0. The van der Waals surface area contributed by atoms with Gasteiger partial charge in [0.1, 0.15) is 5.82 Å². The average molecular weight is 163 g/mol. The van der Waals surface area contributed by atoms with Crippen molar-refractivity contribution in [2.45, 2.75) is 19.3 Å². The van der Waals surface area contributed by atoms with Gasteiger partial charge in [0.25, 0.3) is 0 Å². The number of anilines is 1. The van der Waals surface area contributed by atoms with E-state index in [0.29, 0.717) is 0 Å². The van der Waals surface area contributed by atoms with E-state index in [0.717, 1.165) is 23.9 Å². The van der Waals surface area contributed by atoms with Gasteiger partial charge in [0.2, 0.25) is 0 Å². The first-order valence-electron chi connectivity index (χ1n) is 4.39. The molecule has 1 saturated carbocycles. The summed E-state index contributed by atoms with van der Waals surface area (Å²) in [5.41, 5.74) is 1.12. The molecule has 1 heterocycles. The summed E-state index contributed by atoms with van der Waals surface area (Å²) in [6.45, 7) is 0. The number of rotatable bonds is 3. The van der Waals surface area contributed by atoms with E-state index in [1.807, 2.05) is 13.1 Å². The quantitative estimate of drug-likeness (QED) is 0.733. The van der Waals surface area contributed by atoms with Crippen LogP contribution in [0.15, 0.2) is 12.1 Å². The largest absolute Gasteiger partial charge is 0.372 e. The Hall–Kier alpha value is -1.12. The lowest BCUT2D eigenvalue weighted by molar-refractivity contribution is 0.779. The maximum Gasteiger partial charge on any atom is 0.148 e. The predicted molar refractivity (Wildman–Crippen MR) is 48.0 cm³/mol. The molecule has 0 unspecified atom stereocenters. The number of nitrogens with one attached hydrogen (secondary N) is 1. The Balaban J connectivity index is 2.02. The molecule has 1 aliphatic carbocycles. The molecule has 0 amide bonds. The van der Waals surface area contributed by atoms with Gasteiger partial charge >= 0.3 is 0 Å². The van der Waals surface area contributed by atoms with Crippen LogP contribution in [0.2, 0.25) is 0 Å². The Morgan fingerprint density at radius 1 is 1.42 bits per heavy atom. The molecule has 0 aromatic carbocycles. The minimum Gasteiger partial charge on any atom is -0.372 e. The van der Waals surface area contributed by atoms with Gasteiger partial charge in [-0.1, -0.05) is 0 Å². The molecule has 1 aromatic rings. The summed E-state index contributed by atoms with van der Waals surface area (Å²) < 4.78 is 0. The van der Waals surface area contributed by atoms with Crippen LogP contribution >= 0.6 is 0 Å². The van der Waals surface area contributed by atoms with Crippen LogP contribution in [0.1, 0.15) is 18.5 Å². The molecule has 3 heteroatoms. The molecule has 0 bridgehead atoms. The summed E-state index contributed by atoms with van der Waals surface area (Å²) in [6, 6.07) is 4.03. The Morgan fingerprint density at radius 3 is 2.75 bits per heavy atom. The fourth-order valence-corrected chi connectivity index (χ4v) is 1.22. The van der Waals surface area contributed by atoms with Gasteiger partial charge in [0.15, 0.2) is 0 Å². The Kier molecular flexibility index (Phi) is 1.94. The van der Waals surface area contributed by atoms with E-state index in [4.69, 9.17) is 0 Å². The van der Waals surface area contributed by atoms with Gasteiger partial charge in [-0.2, -0.15) is 5.10 Å². The lowest BCUT2D eigenvalue weighted by Gasteiger charge is -1.99. The molecule has 0 saturated heterocycles. The molecule has 0 radical (unpaired) electrons. The second-order valence-corrected chi connectivity index (χ2v) is 3.31. The molecule has 0 spiro atoms. The molecular weight excluding hydrogens is 150 g/mol. The van der Waals surface area contributed by atoms with Crippen molar-refractivity contribution in [1.82, 2.24) is 10.2 Å². The van der Waals surface area contributed by atoms with Crippen LogP contribution in [0.3, 0.4) is 0 Å². The van der Waals surface area contributed by atoms with Crippen LogP contribution in [-0.4, -0.2) is 17.2 Å². The highest BCUT2D eigenvalue weighted by molar-refractivity contribution is 5.31. The Bertz CT molecular complexity index is 251. The first-order chi connectivity index (χ1) is 5.88. The van der Waals surface area contributed by atoms with Crippen LogP contribution < -0.4 is 5.32 Å². The standard InChI is InChI=1S/C9H13N3/c1-10-9-5-4-8(11-12-9)6-7-2-3-7/h4-5,7H,2-3,6H2,1H3,(H,10,12). The van der Waals surface area contributed by atoms with Crippen molar-refractivity contribution in [2.24, 2.45) is 5.92 Å². The van der Waals surface area contributed by atoms with E-state index >= 15 is 0 Å². The molecule has 0 aliphatic heterocycles. The summed E-state index contributed by atoms with van der Waals surface area (Å²) in [4.78, 5) is 0. The second-order valence-electron chi connectivity index (χ2n) is 3.31. The second kappa shape index (κ2) is 3.09. The van der Waals surface area contributed by atoms with Crippen LogP contribution in [0.25, 0.3) is 0 Å². The van der Waals surface area contributed by atoms with Gasteiger partial charge in [-0.05, 0) is 37.3 Å². The molecule has 0 atom stereocenters. The molecule has 3 nitrogen and oxygen atoms in total. The maximum atomic E-state index is 4.12. The van der Waals surface area contributed by atoms with E-state index in [1.54, 1.807) is 0 Å². The van der Waals surface area contributed by atoms with Crippen LogP contribution in [0.4, 0.5) is 5.82 Å². The highest BCUT2D eigenvalue weighted by Crippen LogP contribution is 2.31. The van der Waals surface area contributed by atoms with Gasteiger partial charge < -0.3 is 5.32 Å². The summed E-state index contributed by atoms with van der Waals surface area (Å²) in [5.74, 6) is 1.73. The lowest BCUT2D eigenvalue weighted by atomic mass is 10.2. The predicted octanol–water partition coefficient (Wildman–Crippen LogP) is 1.47. The molecule has 64 valence electrons. The van der Waals surface area contributed by atoms with Crippen molar-refractivity contribution in [1.29, 1.82) is 0 Å². The zero-order chi connectivity index (χ0) is 8.39. The smallest absolute Gasteiger partial charge is 0.148 e. The van der Waals surface area contributed by atoms with Gasteiger partial charge in [-0.25, -0.2) is 0 Å². The summed E-state index contributed by atoms with van der Waals surface area (Å²) in [5, 5.41) is 11.1. The normalized spacial score (nSPS) is 16.1. The fraction of sp³-hybridized carbons (Fsp3) is 0.556. The van der Waals surface area contributed by atoms with Crippen LogP contribution in [0.5, 0.6) is 0 Å². The third kappa shape index (κ3) is 1.72. The maximum absolute atomic E-state index is 4.12. The lowest BCUT2D eigenvalue weighted by Crippen LogP contribution is -1.98. The third-order valence-corrected chi connectivity index (χ3v) is 2.17. The van der Waals surface area contributed by atoms with Gasteiger partial charge in [0.05, 0.1) is 5.69 Å². The molecular formula is C9H13N3. The van der Waals surface area contributed by atoms with Gasteiger partial charge in [-0.15, -0.1) is 5.10 Å². The fourth-order valence-electron chi connectivity index (χ4n) is 1.22. The molecule has 1 aliphatic rings. The number of aromatic nitrogens is 2. The average Bonchev–Trinajstić information content (AvgIpc) is 2.90. The Morgan fingerprint density at radius 2 is 2.25 bits per heavy atom. The van der Waals surface area contributed by atoms with E-state index in [9.17, 15) is 0 Å². The van der Waals surface area contributed by atoms with E-state index in [-0.39, 0.29) is 0 Å². The minimum atomic E-state index is 0.842. The minimum absolute atomic E-state index is 0.842. The van der Waals surface area contributed by atoms with Crippen molar-refractivity contribution in [3.63, 3.8) is 0 Å². The summed E-state index contributed by atoms with van der Waals surface area (Å²) in [7, 11) is 1.85. The first kappa shape index (κ1) is 7.53. The van der Waals surface area contributed by atoms with E-state index < -0.39 is 0 Å². The molecule has 1 fully saturated rings. The molecule has 2 rings (SSSR count). The third-order valence-electron chi connectivity index (χ3n) is 2.17.